The van der Waals surface area contributed by atoms with E-state index in [1.54, 1.807) is 0 Å². The number of hydrogen-bond donors (Lipinski definition) is 1. The van der Waals surface area contributed by atoms with Gasteiger partial charge in [0.15, 0.2) is 0 Å². The Morgan fingerprint density at radius 2 is 2.28 bits per heavy atom. The van der Waals surface area contributed by atoms with Crippen LogP contribution in [-0.2, 0) is 6.54 Å². The number of fused-ring (bicyclic) bond motifs is 1. The Hall–Kier alpha value is -1.03. The highest BCUT2D eigenvalue weighted by molar-refractivity contribution is 9.10. The molecular formula is C14H18BrN3. The topological polar surface area (TPSA) is 43.8 Å². The number of benzene rings is 1. The van der Waals surface area contributed by atoms with E-state index in [2.05, 4.69) is 38.5 Å². The molecule has 1 fully saturated rings. The zero-order valence-corrected chi connectivity index (χ0v) is 12.2. The van der Waals surface area contributed by atoms with Gasteiger partial charge in [0.25, 0.3) is 0 Å². The average molecular weight is 308 g/mol. The van der Waals surface area contributed by atoms with E-state index in [9.17, 15) is 0 Å². The van der Waals surface area contributed by atoms with Gasteiger partial charge in [0.05, 0.1) is 11.0 Å². The smallest absolute Gasteiger partial charge is 0.201 e. The first-order chi connectivity index (χ1) is 8.63. The first-order valence-electron chi connectivity index (χ1n) is 6.54. The number of anilines is 1. The fourth-order valence-corrected chi connectivity index (χ4v) is 3.40. The summed E-state index contributed by atoms with van der Waals surface area (Å²) < 4.78 is 3.25. The summed E-state index contributed by atoms with van der Waals surface area (Å²) in [5.74, 6) is 2.25. The van der Waals surface area contributed by atoms with E-state index in [-0.39, 0.29) is 0 Å². The lowest BCUT2D eigenvalue weighted by molar-refractivity contribution is 0.450. The second-order valence-corrected chi connectivity index (χ2v) is 6.41. The number of rotatable bonds is 2. The zero-order chi connectivity index (χ0) is 12.7. The van der Waals surface area contributed by atoms with Crippen LogP contribution in [-0.4, -0.2) is 9.55 Å². The van der Waals surface area contributed by atoms with Crippen molar-refractivity contribution in [2.75, 3.05) is 5.73 Å². The highest BCUT2D eigenvalue weighted by Gasteiger charge is 2.23. The van der Waals surface area contributed by atoms with Crippen LogP contribution in [0.5, 0.6) is 0 Å². The largest absolute Gasteiger partial charge is 0.369 e. The van der Waals surface area contributed by atoms with Crippen molar-refractivity contribution in [2.45, 2.75) is 32.7 Å². The van der Waals surface area contributed by atoms with Gasteiger partial charge in [-0.25, -0.2) is 4.98 Å². The fourth-order valence-electron chi connectivity index (χ4n) is 3.06. The van der Waals surface area contributed by atoms with Crippen LogP contribution in [0.15, 0.2) is 22.7 Å². The molecule has 2 atom stereocenters. The lowest BCUT2D eigenvalue weighted by atomic mass is 10.1. The Labute approximate surface area is 116 Å². The minimum absolute atomic E-state index is 0.641. The molecule has 0 bridgehead atoms. The number of hydrogen-bond acceptors (Lipinski definition) is 2. The summed E-state index contributed by atoms with van der Waals surface area (Å²) in [5.41, 5.74) is 8.18. The first kappa shape index (κ1) is 12.0. The third-order valence-electron chi connectivity index (χ3n) is 3.98. The second kappa shape index (κ2) is 4.57. The van der Waals surface area contributed by atoms with Crippen LogP contribution in [0.1, 0.15) is 26.2 Å². The van der Waals surface area contributed by atoms with Gasteiger partial charge in [0, 0.05) is 11.0 Å². The van der Waals surface area contributed by atoms with E-state index in [0.717, 1.165) is 33.9 Å². The molecule has 0 saturated heterocycles. The van der Waals surface area contributed by atoms with Crippen LogP contribution in [0, 0.1) is 11.8 Å². The molecule has 18 heavy (non-hydrogen) atoms. The Morgan fingerprint density at radius 1 is 1.44 bits per heavy atom. The summed E-state index contributed by atoms with van der Waals surface area (Å²) in [4.78, 5) is 4.44. The Kier molecular flexibility index (Phi) is 3.06. The van der Waals surface area contributed by atoms with Crippen LogP contribution >= 0.6 is 15.9 Å². The molecule has 3 rings (SSSR count). The van der Waals surface area contributed by atoms with Gasteiger partial charge in [-0.05, 0) is 42.9 Å². The standard InChI is InChI=1S/C14H18BrN3/c1-9-2-3-10(6-9)8-18-13-7-11(15)4-5-12(13)17-14(18)16/h4-5,7,9-10H,2-3,6,8H2,1H3,(H2,16,17). The molecule has 1 aliphatic carbocycles. The van der Waals surface area contributed by atoms with Gasteiger partial charge < -0.3 is 10.3 Å². The maximum atomic E-state index is 6.05. The first-order valence-corrected chi connectivity index (χ1v) is 7.34. The monoisotopic (exact) mass is 307 g/mol. The van der Waals surface area contributed by atoms with Gasteiger partial charge in [-0.1, -0.05) is 29.3 Å². The molecule has 1 aliphatic rings. The van der Waals surface area contributed by atoms with Crippen molar-refractivity contribution in [3.63, 3.8) is 0 Å². The van der Waals surface area contributed by atoms with E-state index >= 15 is 0 Å². The Bertz CT molecular complexity index is 576. The number of halogens is 1. The molecular weight excluding hydrogens is 290 g/mol. The van der Waals surface area contributed by atoms with Crippen molar-refractivity contribution in [1.29, 1.82) is 0 Å². The van der Waals surface area contributed by atoms with Crippen LogP contribution in [0.25, 0.3) is 11.0 Å². The minimum atomic E-state index is 0.641. The molecule has 2 unspecified atom stereocenters. The van der Waals surface area contributed by atoms with Gasteiger partial charge in [-0.15, -0.1) is 0 Å². The summed E-state index contributed by atoms with van der Waals surface area (Å²) >= 11 is 3.52. The van der Waals surface area contributed by atoms with E-state index in [4.69, 9.17) is 5.73 Å². The highest BCUT2D eigenvalue weighted by Crippen LogP contribution is 2.33. The third-order valence-corrected chi connectivity index (χ3v) is 4.48. The molecule has 1 saturated carbocycles. The number of nitrogens with zero attached hydrogens (tertiary/aromatic N) is 2. The van der Waals surface area contributed by atoms with Gasteiger partial charge in [0.2, 0.25) is 5.95 Å². The molecule has 0 amide bonds. The van der Waals surface area contributed by atoms with Gasteiger partial charge in [-0.3, -0.25) is 0 Å². The van der Waals surface area contributed by atoms with Crippen LogP contribution in [0.3, 0.4) is 0 Å². The molecule has 1 heterocycles. The van der Waals surface area contributed by atoms with Gasteiger partial charge >= 0.3 is 0 Å². The van der Waals surface area contributed by atoms with Crippen molar-refractivity contribution >= 4 is 32.9 Å². The molecule has 0 aliphatic heterocycles. The van der Waals surface area contributed by atoms with Crippen molar-refractivity contribution in [3.8, 4) is 0 Å². The van der Waals surface area contributed by atoms with E-state index in [1.807, 2.05) is 12.1 Å². The van der Waals surface area contributed by atoms with Gasteiger partial charge in [-0.2, -0.15) is 0 Å². The number of nitrogen functional groups attached to an aromatic ring is 1. The number of nitrogens with two attached hydrogens (primary N) is 1. The maximum absolute atomic E-state index is 6.05. The quantitative estimate of drug-likeness (QED) is 0.916. The summed E-state index contributed by atoms with van der Waals surface area (Å²) in [5, 5.41) is 0. The molecule has 0 spiro atoms. The lowest BCUT2D eigenvalue weighted by Crippen LogP contribution is -2.10. The fraction of sp³-hybridized carbons (Fsp3) is 0.500. The normalized spacial score (nSPS) is 23.9. The predicted molar refractivity (Wildman–Crippen MR) is 78.4 cm³/mol. The summed E-state index contributed by atoms with van der Waals surface area (Å²) in [6.07, 6.45) is 3.97. The molecule has 3 nitrogen and oxygen atoms in total. The summed E-state index contributed by atoms with van der Waals surface area (Å²) in [6, 6.07) is 6.14. The van der Waals surface area contributed by atoms with Crippen LogP contribution < -0.4 is 5.73 Å². The number of imidazole rings is 1. The highest BCUT2D eigenvalue weighted by atomic mass is 79.9. The lowest BCUT2D eigenvalue weighted by Gasteiger charge is -2.12. The average Bonchev–Trinajstić information content (AvgIpc) is 2.86. The molecule has 2 N–H and O–H groups in total. The molecule has 2 aromatic rings. The van der Waals surface area contributed by atoms with Gasteiger partial charge in [0.1, 0.15) is 0 Å². The molecule has 1 aromatic heterocycles. The van der Waals surface area contributed by atoms with Crippen LogP contribution in [0.4, 0.5) is 5.95 Å². The second-order valence-electron chi connectivity index (χ2n) is 5.50. The Morgan fingerprint density at radius 3 is 3.00 bits per heavy atom. The van der Waals surface area contributed by atoms with E-state index in [0.29, 0.717) is 5.95 Å². The minimum Gasteiger partial charge on any atom is -0.369 e. The predicted octanol–water partition coefficient (Wildman–Crippen LogP) is 3.82. The molecule has 96 valence electrons. The SMILES string of the molecule is CC1CCC(Cn2c(N)nc3ccc(Br)cc32)C1. The van der Waals surface area contributed by atoms with E-state index in [1.165, 1.54) is 19.3 Å². The third kappa shape index (κ3) is 2.14. The van der Waals surface area contributed by atoms with Crippen molar-refractivity contribution < 1.29 is 0 Å². The molecule has 1 aromatic carbocycles. The molecule has 0 radical (unpaired) electrons. The van der Waals surface area contributed by atoms with Crippen molar-refractivity contribution in [3.05, 3.63) is 22.7 Å². The number of aromatic nitrogens is 2. The van der Waals surface area contributed by atoms with Crippen LogP contribution in [0.2, 0.25) is 0 Å². The van der Waals surface area contributed by atoms with Crippen molar-refractivity contribution in [2.24, 2.45) is 11.8 Å². The summed E-state index contributed by atoms with van der Waals surface area (Å²) in [6.45, 7) is 3.34. The van der Waals surface area contributed by atoms with Crippen molar-refractivity contribution in [1.82, 2.24) is 9.55 Å². The zero-order valence-electron chi connectivity index (χ0n) is 10.6. The Balaban J connectivity index is 1.95. The maximum Gasteiger partial charge on any atom is 0.201 e. The van der Waals surface area contributed by atoms with E-state index < -0.39 is 0 Å². The molecule has 4 heteroatoms. The summed E-state index contributed by atoms with van der Waals surface area (Å²) in [7, 11) is 0.